The molecule has 0 atom stereocenters. The first-order valence-electron chi connectivity index (χ1n) is 22.2. The molecule has 0 aromatic heterocycles. The van der Waals surface area contributed by atoms with E-state index in [1.807, 2.05) is 0 Å². The van der Waals surface area contributed by atoms with E-state index in [2.05, 4.69) is 215 Å². The Morgan fingerprint density at radius 3 is 1.95 bits per heavy atom. The molecule has 2 heterocycles. The van der Waals surface area contributed by atoms with Crippen molar-refractivity contribution in [3.05, 3.63) is 197 Å². The Hall–Kier alpha value is -6.58. The number of hydrogen-bond donors (Lipinski definition) is 0. The molecular weight excluding hydrogens is 735 g/mol. The molecule has 0 bridgehead atoms. The van der Waals surface area contributed by atoms with Gasteiger partial charge in [0.15, 0.2) is 0 Å². The van der Waals surface area contributed by atoms with Crippen molar-refractivity contribution in [3.8, 4) is 44.5 Å². The summed E-state index contributed by atoms with van der Waals surface area (Å²) in [6, 6.07) is 62.5. The smallest absolute Gasteiger partial charge is 0.333 e. The largest absolute Gasteiger partial charge is 0.376 e. The molecule has 61 heavy (non-hydrogen) atoms. The molecule has 0 N–H and O–H groups in total. The second kappa shape index (κ2) is 14.3. The first-order valence-corrected chi connectivity index (χ1v) is 22.2. The highest BCUT2D eigenvalue weighted by Crippen LogP contribution is 2.54. The van der Waals surface area contributed by atoms with E-state index in [9.17, 15) is 0 Å². The van der Waals surface area contributed by atoms with Crippen molar-refractivity contribution in [2.24, 2.45) is 0 Å². The van der Waals surface area contributed by atoms with Crippen molar-refractivity contribution < 1.29 is 0 Å². The molecule has 1 aliphatic carbocycles. The number of fused-ring (bicyclic) bond motifs is 7. The van der Waals surface area contributed by atoms with Crippen LogP contribution in [0.4, 0.5) is 28.4 Å². The molecule has 11 rings (SSSR count). The van der Waals surface area contributed by atoms with Gasteiger partial charge in [-0.15, -0.1) is 0 Å². The Kier molecular flexibility index (Phi) is 8.76. The fourth-order valence-electron chi connectivity index (χ4n) is 11.2. The zero-order chi connectivity index (χ0) is 41.6. The van der Waals surface area contributed by atoms with Gasteiger partial charge in [0.1, 0.15) is 0 Å². The Balaban J connectivity index is 1.30. The Labute approximate surface area is 362 Å². The van der Waals surface area contributed by atoms with E-state index in [0.29, 0.717) is 0 Å². The molecule has 0 radical (unpaired) electrons. The summed E-state index contributed by atoms with van der Waals surface area (Å²) in [5.74, 6) is 0. The summed E-state index contributed by atoms with van der Waals surface area (Å²) in [5.41, 5.74) is 27.0. The summed E-state index contributed by atoms with van der Waals surface area (Å²) in [5, 5.41) is 0. The van der Waals surface area contributed by atoms with Gasteiger partial charge < -0.3 is 9.71 Å². The van der Waals surface area contributed by atoms with Gasteiger partial charge in [-0.25, -0.2) is 0 Å². The summed E-state index contributed by atoms with van der Waals surface area (Å²) in [4.78, 5) is 5.29. The van der Waals surface area contributed by atoms with E-state index >= 15 is 0 Å². The monoisotopic (exact) mass is 786 g/mol. The van der Waals surface area contributed by atoms with E-state index in [4.69, 9.17) is 0 Å². The minimum Gasteiger partial charge on any atom is -0.376 e. The number of nitrogens with zero attached hydrogens (tertiary/aromatic N) is 2. The molecule has 0 saturated heterocycles. The first kappa shape index (κ1) is 37.4. The zero-order valence-corrected chi connectivity index (χ0v) is 36.2. The zero-order valence-electron chi connectivity index (χ0n) is 36.2. The minimum absolute atomic E-state index is 0.0759. The van der Waals surface area contributed by atoms with E-state index in [0.717, 1.165) is 6.42 Å². The van der Waals surface area contributed by atoms with Gasteiger partial charge in [-0.2, -0.15) is 0 Å². The van der Waals surface area contributed by atoms with E-state index in [1.54, 1.807) is 0 Å². The standard InChI is InChI=1S/C58H51BN2/c1-7-8-19-40-28-29-52(46(32-40)41-20-11-9-12-21-41)60-54-36-50-47(44-24-15-17-26-49(44)58(50,5)6)35-51(54)59-57-48(33-42(34-55(57)60)56-38(3)30-37(2)31-39(56)4)45-25-16-18-27-53(45)61(59)43-22-13-10-14-23-43/h9-18,20-36H,7-8,19H2,1-6H3. The SMILES string of the molecule is CCCCc1ccc(N2c3cc4c(cc3B3c5c(cc(-c6c(C)cc(C)cc6C)cc52)-c2ccccc2N3c2ccccc2)-c2ccccc2C4(C)C)c(-c2ccccc2)c1. The Bertz CT molecular complexity index is 3010. The van der Waals surface area contributed by atoms with Crippen LogP contribution in [-0.4, -0.2) is 6.85 Å². The first-order chi connectivity index (χ1) is 29.7. The van der Waals surface area contributed by atoms with Crippen molar-refractivity contribution in [3.63, 3.8) is 0 Å². The lowest BCUT2D eigenvalue weighted by atomic mass is 9.43. The molecule has 0 unspecified atom stereocenters. The number of anilines is 5. The predicted molar refractivity (Wildman–Crippen MR) is 261 cm³/mol. The molecule has 2 aliphatic heterocycles. The van der Waals surface area contributed by atoms with Crippen molar-refractivity contribution in [1.82, 2.24) is 0 Å². The van der Waals surface area contributed by atoms with Crippen LogP contribution in [-0.2, 0) is 11.8 Å². The molecule has 8 aromatic carbocycles. The Morgan fingerprint density at radius 1 is 0.508 bits per heavy atom. The molecule has 3 heteroatoms. The lowest BCUT2D eigenvalue weighted by molar-refractivity contribution is 0.660. The summed E-state index contributed by atoms with van der Waals surface area (Å²) < 4.78 is 0. The maximum absolute atomic E-state index is 2.66. The maximum atomic E-state index is 2.66. The maximum Gasteiger partial charge on any atom is 0.333 e. The van der Waals surface area contributed by atoms with Gasteiger partial charge >= 0.3 is 6.85 Å². The summed E-state index contributed by atoms with van der Waals surface area (Å²) in [6.45, 7) is 13.8. The van der Waals surface area contributed by atoms with Crippen LogP contribution in [0.5, 0.6) is 0 Å². The van der Waals surface area contributed by atoms with Crippen LogP contribution in [0.2, 0.25) is 0 Å². The van der Waals surface area contributed by atoms with E-state index in [-0.39, 0.29) is 12.3 Å². The fraction of sp³-hybridized carbons (Fsp3) is 0.172. The van der Waals surface area contributed by atoms with Crippen molar-refractivity contribution in [2.45, 2.75) is 66.2 Å². The van der Waals surface area contributed by atoms with Gasteiger partial charge in [-0.3, -0.25) is 0 Å². The predicted octanol–water partition coefficient (Wildman–Crippen LogP) is 14.3. The van der Waals surface area contributed by atoms with Crippen LogP contribution in [0.15, 0.2) is 164 Å². The number of rotatable bonds is 7. The molecule has 0 fully saturated rings. The Morgan fingerprint density at radius 2 is 1.20 bits per heavy atom. The number of hydrogen-bond acceptors (Lipinski definition) is 2. The number of aryl methyl sites for hydroxylation is 4. The average Bonchev–Trinajstić information content (AvgIpc) is 3.50. The number of unbranched alkanes of at least 4 members (excludes halogenated alkanes) is 1. The second-order valence-corrected chi connectivity index (χ2v) is 18.1. The van der Waals surface area contributed by atoms with Gasteiger partial charge in [-0.1, -0.05) is 148 Å². The number of para-hydroxylation sites is 2. The normalized spacial score (nSPS) is 14.0. The molecule has 0 amide bonds. The molecule has 8 aromatic rings. The lowest BCUT2D eigenvalue weighted by Crippen LogP contribution is -2.61. The lowest BCUT2D eigenvalue weighted by Gasteiger charge is -2.46. The molecular formula is C58H51BN2. The van der Waals surface area contributed by atoms with Crippen LogP contribution in [0.25, 0.3) is 44.5 Å². The average molecular weight is 787 g/mol. The third kappa shape index (κ3) is 5.77. The highest BCUT2D eigenvalue weighted by molar-refractivity contribution is 6.93. The van der Waals surface area contributed by atoms with Crippen molar-refractivity contribution in [2.75, 3.05) is 9.71 Å². The third-order valence-corrected chi connectivity index (χ3v) is 13.9. The van der Waals surface area contributed by atoms with Crippen molar-refractivity contribution >= 4 is 46.2 Å². The molecule has 0 saturated carbocycles. The van der Waals surface area contributed by atoms with E-state index < -0.39 is 0 Å². The highest BCUT2D eigenvalue weighted by Gasteiger charge is 2.47. The minimum atomic E-state index is -0.166. The van der Waals surface area contributed by atoms with Crippen LogP contribution in [0.3, 0.4) is 0 Å². The summed E-state index contributed by atoms with van der Waals surface area (Å²) >= 11 is 0. The summed E-state index contributed by atoms with van der Waals surface area (Å²) in [7, 11) is 0. The van der Waals surface area contributed by atoms with Crippen LogP contribution in [0, 0.1) is 20.8 Å². The highest BCUT2D eigenvalue weighted by atomic mass is 15.2. The topological polar surface area (TPSA) is 6.48 Å². The van der Waals surface area contributed by atoms with E-state index in [1.165, 1.54) is 130 Å². The molecule has 0 spiro atoms. The van der Waals surface area contributed by atoms with Gasteiger partial charge in [0.25, 0.3) is 0 Å². The van der Waals surface area contributed by atoms with Gasteiger partial charge in [0.2, 0.25) is 0 Å². The molecule has 3 aliphatic rings. The van der Waals surface area contributed by atoms with Crippen molar-refractivity contribution in [1.29, 1.82) is 0 Å². The third-order valence-electron chi connectivity index (χ3n) is 13.9. The molecule has 296 valence electrons. The van der Waals surface area contributed by atoms with Crippen LogP contribution in [0.1, 0.15) is 67.0 Å². The second-order valence-electron chi connectivity index (χ2n) is 18.1. The summed E-state index contributed by atoms with van der Waals surface area (Å²) in [6.07, 6.45) is 3.40. The molecule has 2 nitrogen and oxygen atoms in total. The fourth-order valence-corrected chi connectivity index (χ4v) is 11.2. The van der Waals surface area contributed by atoms with Gasteiger partial charge in [-0.05, 0) is 154 Å². The number of benzene rings is 8. The van der Waals surface area contributed by atoms with Crippen LogP contribution < -0.4 is 20.6 Å². The van der Waals surface area contributed by atoms with Gasteiger partial charge in [0, 0.05) is 39.3 Å². The van der Waals surface area contributed by atoms with Crippen LogP contribution >= 0.6 is 0 Å². The van der Waals surface area contributed by atoms with Gasteiger partial charge in [0.05, 0.1) is 5.69 Å². The quantitative estimate of drug-likeness (QED) is 0.149.